The molecule has 28 heavy (non-hydrogen) atoms. The van der Waals surface area contributed by atoms with Gasteiger partial charge < -0.3 is 14.4 Å². The highest BCUT2D eigenvalue weighted by atomic mass is 32.2. The highest BCUT2D eigenvalue weighted by Gasteiger charge is 2.24. The van der Waals surface area contributed by atoms with E-state index in [0.717, 1.165) is 55.4 Å². The lowest BCUT2D eigenvalue weighted by Crippen LogP contribution is -2.43. The molecule has 1 aliphatic rings. The first-order valence-electron chi connectivity index (χ1n) is 9.97. The van der Waals surface area contributed by atoms with Gasteiger partial charge in [-0.05, 0) is 65.4 Å². The van der Waals surface area contributed by atoms with Crippen molar-refractivity contribution in [3.63, 3.8) is 0 Å². The average Bonchev–Trinajstić information content (AvgIpc) is 3.09. The quantitative estimate of drug-likeness (QED) is 0.633. The van der Waals surface area contributed by atoms with E-state index in [9.17, 15) is 4.79 Å². The van der Waals surface area contributed by atoms with Gasteiger partial charge in [-0.25, -0.2) is 0 Å². The number of aromatic nitrogens is 4. The van der Waals surface area contributed by atoms with Crippen LogP contribution in [-0.2, 0) is 11.3 Å². The Kier molecular flexibility index (Phi) is 7.44. The van der Waals surface area contributed by atoms with Crippen LogP contribution in [0.4, 0.5) is 0 Å². The Hall–Kier alpha value is -1.93. The molecule has 1 aliphatic heterocycles. The summed E-state index contributed by atoms with van der Waals surface area (Å²) in [6.45, 7) is 4.83. The molecule has 2 aromatic heterocycles. The van der Waals surface area contributed by atoms with E-state index in [2.05, 4.69) is 45.7 Å². The zero-order chi connectivity index (χ0) is 19.9. The molecule has 2 aromatic rings. The number of hydrogen-bond donors (Lipinski definition) is 0. The molecule has 1 atom stereocenters. The minimum atomic E-state index is 0.200. The Morgan fingerprint density at radius 1 is 1.25 bits per heavy atom. The molecule has 7 nitrogen and oxygen atoms in total. The molecule has 8 heteroatoms. The first-order valence-corrected chi connectivity index (χ1v) is 11.0. The van der Waals surface area contributed by atoms with Gasteiger partial charge in [0, 0.05) is 37.1 Å². The molecule has 3 rings (SSSR count). The molecule has 0 aromatic carbocycles. The van der Waals surface area contributed by atoms with Crippen molar-refractivity contribution >= 4 is 17.7 Å². The summed E-state index contributed by atoms with van der Waals surface area (Å²) in [7, 11) is 4.15. The van der Waals surface area contributed by atoms with E-state index >= 15 is 0 Å². The third-order valence-electron chi connectivity index (χ3n) is 5.09. The van der Waals surface area contributed by atoms with Crippen molar-refractivity contribution in [2.24, 2.45) is 0 Å². The number of amides is 1. The van der Waals surface area contributed by atoms with Crippen LogP contribution in [0.2, 0.25) is 0 Å². The van der Waals surface area contributed by atoms with Crippen LogP contribution in [0.25, 0.3) is 11.4 Å². The van der Waals surface area contributed by atoms with Crippen LogP contribution >= 0.6 is 11.8 Å². The van der Waals surface area contributed by atoms with Crippen LogP contribution in [0.3, 0.4) is 0 Å². The normalized spacial score (nSPS) is 17.3. The highest BCUT2D eigenvalue weighted by molar-refractivity contribution is 7.99. The molecule has 0 bridgehead atoms. The third-order valence-corrected chi connectivity index (χ3v) is 6.04. The van der Waals surface area contributed by atoms with Crippen molar-refractivity contribution in [2.45, 2.75) is 50.4 Å². The summed E-state index contributed by atoms with van der Waals surface area (Å²) in [5, 5.41) is 9.62. The SMILES string of the molecule is C[C@H]1CCCCN1C(=O)CSc1nnc(-c2ccncc2)n1CCCN(C)C. The standard InChI is InChI=1S/C20H30N6OS/c1-16-7-4-5-13-25(16)18(27)15-28-20-23-22-19(17-8-10-21-11-9-17)26(20)14-6-12-24(2)3/h8-11,16H,4-7,12-15H2,1-3H3/t16-/m0/s1. The van der Waals surface area contributed by atoms with Crippen molar-refractivity contribution in [2.75, 3.05) is 32.9 Å². The maximum atomic E-state index is 12.7. The number of piperidine rings is 1. The number of likely N-dealkylation sites (tertiary alicyclic amines) is 1. The fourth-order valence-electron chi connectivity index (χ4n) is 3.53. The molecule has 0 radical (unpaired) electrons. The van der Waals surface area contributed by atoms with Gasteiger partial charge >= 0.3 is 0 Å². The lowest BCUT2D eigenvalue weighted by molar-refractivity contribution is -0.131. The molecular weight excluding hydrogens is 372 g/mol. The monoisotopic (exact) mass is 402 g/mol. The average molecular weight is 403 g/mol. The summed E-state index contributed by atoms with van der Waals surface area (Å²) in [6, 6.07) is 4.23. The molecule has 0 aliphatic carbocycles. The summed E-state index contributed by atoms with van der Waals surface area (Å²) in [4.78, 5) is 21.0. The van der Waals surface area contributed by atoms with Crippen LogP contribution < -0.4 is 0 Å². The fourth-order valence-corrected chi connectivity index (χ4v) is 4.39. The number of pyridine rings is 1. The maximum Gasteiger partial charge on any atom is 0.233 e. The second kappa shape index (κ2) is 10.0. The summed E-state index contributed by atoms with van der Waals surface area (Å²) in [6.07, 6.45) is 7.95. The molecule has 0 unspecified atom stereocenters. The van der Waals surface area contributed by atoms with Crippen molar-refractivity contribution in [3.8, 4) is 11.4 Å². The summed E-state index contributed by atoms with van der Waals surface area (Å²) in [5.74, 6) is 1.44. The van der Waals surface area contributed by atoms with Crippen molar-refractivity contribution in [1.29, 1.82) is 0 Å². The van der Waals surface area contributed by atoms with Crippen LogP contribution in [0.15, 0.2) is 29.7 Å². The molecule has 3 heterocycles. The summed E-state index contributed by atoms with van der Waals surface area (Å²) >= 11 is 1.49. The highest BCUT2D eigenvalue weighted by Crippen LogP contribution is 2.25. The van der Waals surface area contributed by atoms with Crippen LogP contribution in [-0.4, -0.2) is 74.4 Å². The minimum absolute atomic E-state index is 0.200. The lowest BCUT2D eigenvalue weighted by atomic mass is 10.0. The van der Waals surface area contributed by atoms with E-state index in [4.69, 9.17) is 0 Å². The Balaban J connectivity index is 1.72. The van der Waals surface area contributed by atoms with Gasteiger partial charge in [0.05, 0.1) is 5.75 Å². The molecule has 1 amide bonds. The molecule has 0 N–H and O–H groups in total. The largest absolute Gasteiger partial charge is 0.339 e. The van der Waals surface area contributed by atoms with Gasteiger partial charge in [-0.2, -0.15) is 0 Å². The third kappa shape index (κ3) is 5.32. The Bertz CT molecular complexity index is 763. The van der Waals surface area contributed by atoms with Gasteiger partial charge in [-0.15, -0.1) is 10.2 Å². The van der Waals surface area contributed by atoms with E-state index in [1.807, 2.05) is 17.0 Å². The fraction of sp³-hybridized carbons (Fsp3) is 0.600. The van der Waals surface area contributed by atoms with E-state index < -0.39 is 0 Å². The number of carbonyl (C=O) groups excluding carboxylic acids is 1. The predicted molar refractivity (Wildman–Crippen MR) is 112 cm³/mol. The smallest absolute Gasteiger partial charge is 0.233 e. The van der Waals surface area contributed by atoms with E-state index in [-0.39, 0.29) is 5.91 Å². The predicted octanol–water partition coefficient (Wildman–Crippen LogP) is 2.78. The topological polar surface area (TPSA) is 67.2 Å². The lowest BCUT2D eigenvalue weighted by Gasteiger charge is -2.33. The molecule has 1 fully saturated rings. The number of nitrogens with zero attached hydrogens (tertiary/aromatic N) is 6. The van der Waals surface area contributed by atoms with E-state index in [1.165, 1.54) is 18.2 Å². The maximum absolute atomic E-state index is 12.7. The molecule has 152 valence electrons. The molecule has 0 saturated carbocycles. The molecule has 1 saturated heterocycles. The van der Waals surface area contributed by atoms with Crippen LogP contribution in [0.1, 0.15) is 32.6 Å². The van der Waals surface area contributed by atoms with Gasteiger partial charge in [-0.3, -0.25) is 9.78 Å². The van der Waals surface area contributed by atoms with Crippen LogP contribution in [0, 0.1) is 0 Å². The Labute approximate surface area is 171 Å². The van der Waals surface area contributed by atoms with Crippen LogP contribution in [0.5, 0.6) is 0 Å². The van der Waals surface area contributed by atoms with E-state index in [1.54, 1.807) is 12.4 Å². The number of thioether (sulfide) groups is 1. The summed E-state index contributed by atoms with van der Waals surface area (Å²) < 4.78 is 2.14. The zero-order valence-electron chi connectivity index (χ0n) is 17.0. The Morgan fingerprint density at radius 3 is 2.75 bits per heavy atom. The van der Waals surface area contributed by atoms with Crippen molar-refractivity contribution < 1.29 is 4.79 Å². The number of hydrogen-bond acceptors (Lipinski definition) is 6. The second-order valence-electron chi connectivity index (χ2n) is 7.57. The first-order chi connectivity index (χ1) is 13.6. The number of rotatable bonds is 8. The minimum Gasteiger partial charge on any atom is -0.339 e. The van der Waals surface area contributed by atoms with Gasteiger partial charge in [0.2, 0.25) is 5.91 Å². The summed E-state index contributed by atoms with van der Waals surface area (Å²) in [5.41, 5.74) is 0.996. The van der Waals surface area contributed by atoms with Gasteiger partial charge in [0.25, 0.3) is 0 Å². The van der Waals surface area contributed by atoms with Gasteiger partial charge in [0.1, 0.15) is 0 Å². The van der Waals surface area contributed by atoms with Gasteiger partial charge in [-0.1, -0.05) is 11.8 Å². The second-order valence-corrected chi connectivity index (χ2v) is 8.51. The molecule has 0 spiro atoms. The van der Waals surface area contributed by atoms with Crippen molar-refractivity contribution in [3.05, 3.63) is 24.5 Å². The van der Waals surface area contributed by atoms with E-state index in [0.29, 0.717) is 11.8 Å². The van der Waals surface area contributed by atoms with Crippen molar-refractivity contribution in [1.82, 2.24) is 29.5 Å². The zero-order valence-corrected chi connectivity index (χ0v) is 17.9. The molecular formula is C20H30N6OS. The van der Waals surface area contributed by atoms with Gasteiger partial charge in [0.15, 0.2) is 11.0 Å². The number of carbonyl (C=O) groups is 1. The first kappa shape index (κ1) is 20.8. The Morgan fingerprint density at radius 2 is 2.04 bits per heavy atom.